The Morgan fingerprint density at radius 3 is 2.50 bits per heavy atom. The summed E-state index contributed by atoms with van der Waals surface area (Å²) in [4.78, 5) is 24.1. The lowest BCUT2D eigenvalue weighted by atomic mass is 10.1. The number of aryl methyl sites for hydroxylation is 1. The van der Waals surface area contributed by atoms with Crippen LogP contribution in [0.15, 0.2) is 48.7 Å². The van der Waals surface area contributed by atoms with Gasteiger partial charge in [0, 0.05) is 30.2 Å². The molecular weight excluding hydrogens is 330 g/mol. The van der Waals surface area contributed by atoms with Gasteiger partial charge in [-0.15, -0.1) is 0 Å². The van der Waals surface area contributed by atoms with Gasteiger partial charge in [-0.05, 0) is 38.1 Å². The molecule has 3 rings (SSSR count). The number of carboxylic acids is 1. The van der Waals surface area contributed by atoms with Gasteiger partial charge in [0.25, 0.3) is 5.91 Å². The quantitative estimate of drug-likeness (QED) is 0.650. The number of nitrogens with zero attached hydrogens (tertiary/aromatic N) is 1. The van der Waals surface area contributed by atoms with Crippen molar-refractivity contribution in [2.45, 2.75) is 19.9 Å². The summed E-state index contributed by atoms with van der Waals surface area (Å²) < 4.78 is 1.91. The van der Waals surface area contributed by atoms with Crippen LogP contribution in [0.25, 0.3) is 10.9 Å². The Kier molecular flexibility index (Phi) is 4.67. The van der Waals surface area contributed by atoms with E-state index in [1.54, 1.807) is 12.3 Å². The minimum atomic E-state index is -1.01. The highest BCUT2D eigenvalue weighted by atomic mass is 16.4. The molecule has 2 aromatic carbocycles. The lowest BCUT2D eigenvalue weighted by Gasteiger charge is -2.16. The molecule has 0 aliphatic heterocycles. The predicted molar refractivity (Wildman–Crippen MR) is 103 cm³/mol. The first-order chi connectivity index (χ1) is 12.4. The number of nitrogens with one attached hydrogen (secondary N) is 2. The SMILES string of the molecule is CC(C)Nc1cc(C(=O)O)ccc1NC(=O)c1cn(C)c2ccccc12. The average molecular weight is 351 g/mol. The number of fused-ring (bicyclic) bond motifs is 1. The topological polar surface area (TPSA) is 83.4 Å². The third kappa shape index (κ3) is 3.39. The van der Waals surface area contributed by atoms with Crippen molar-refractivity contribution in [2.24, 2.45) is 7.05 Å². The Hall–Kier alpha value is -3.28. The van der Waals surface area contributed by atoms with Crippen LogP contribution in [-0.2, 0) is 7.05 Å². The van der Waals surface area contributed by atoms with Crippen molar-refractivity contribution >= 4 is 34.2 Å². The Balaban J connectivity index is 1.96. The van der Waals surface area contributed by atoms with Crippen LogP contribution in [0.3, 0.4) is 0 Å². The fraction of sp³-hybridized carbons (Fsp3) is 0.200. The van der Waals surface area contributed by atoms with Crippen molar-refractivity contribution in [3.63, 3.8) is 0 Å². The largest absolute Gasteiger partial charge is 0.478 e. The van der Waals surface area contributed by atoms with E-state index < -0.39 is 5.97 Å². The van der Waals surface area contributed by atoms with Crippen molar-refractivity contribution in [1.29, 1.82) is 0 Å². The number of aromatic nitrogens is 1. The summed E-state index contributed by atoms with van der Waals surface area (Å²) in [6.45, 7) is 3.90. The maximum atomic E-state index is 12.8. The molecule has 134 valence electrons. The zero-order valence-electron chi connectivity index (χ0n) is 14.9. The summed E-state index contributed by atoms with van der Waals surface area (Å²) >= 11 is 0. The number of para-hydroxylation sites is 1. The smallest absolute Gasteiger partial charge is 0.335 e. The maximum Gasteiger partial charge on any atom is 0.335 e. The highest BCUT2D eigenvalue weighted by molar-refractivity contribution is 6.14. The molecule has 6 nitrogen and oxygen atoms in total. The molecule has 0 fully saturated rings. The Labute approximate surface area is 151 Å². The van der Waals surface area contributed by atoms with Crippen LogP contribution in [0.1, 0.15) is 34.6 Å². The van der Waals surface area contributed by atoms with Crippen molar-refractivity contribution in [3.05, 3.63) is 59.8 Å². The summed E-state index contributed by atoms with van der Waals surface area (Å²) in [7, 11) is 1.90. The molecule has 3 N–H and O–H groups in total. The minimum Gasteiger partial charge on any atom is -0.478 e. The molecule has 26 heavy (non-hydrogen) atoms. The van der Waals surface area contributed by atoms with E-state index in [9.17, 15) is 14.7 Å². The number of aromatic carboxylic acids is 1. The van der Waals surface area contributed by atoms with Gasteiger partial charge >= 0.3 is 5.97 Å². The average Bonchev–Trinajstić information content (AvgIpc) is 2.93. The van der Waals surface area contributed by atoms with E-state index in [4.69, 9.17) is 0 Å². The number of benzene rings is 2. The van der Waals surface area contributed by atoms with E-state index in [0.29, 0.717) is 16.9 Å². The molecule has 1 heterocycles. The number of carboxylic acid groups (broad SMARTS) is 1. The monoisotopic (exact) mass is 351 g/mol. The third-order valence-electron chi connectivity index (χ3n) is 4.10. The highest BCUT2D eigenvalue weighted by Gasteiger charge is 2.16. The molecule has 1 aromatic heterocycles. The number of carbonyl (C=O) groups is 2. The first-order valence-corrected chi connectivity index (χ1v) is 8.36. The maximum absolute atomic E-state index is 12.8. The van der Waals surface area contributed by atoms with Crippen molar-refractivity contribution < 1.29 is 14.7 Å². The molecule has 0 atom stereocenters. The molecule has 0 saturated heterocycles. The Morgan fingerprint density at radius 2 is 1.81 bits per heavy atom. The number of amides is 1. The van der Waals surface area contributed by atoms with Crippen molar-refractivity contribution in [3.8, 4) is 0 Å². The summed E-state index contributed by atoms with van der Waals surface area (Å²) in [6.07, 6.45) is 1.79. The van der Waals surface area contributed by atoms with Crippen molar-refractivity contribution in [1.82, 2.24) is 4.57 Å². The summed E-state index contributed by atoms with van der Waals surface area (Å²) in [5, 5.41) is 16.1. The predicted octanol–water partition coefficient (Wildman–Crippen LogP) is 3.95. The molecule has 3 aromatic rings. The van der Waals surface area contributed by atoms with Gasteiger partial charge in [0.2, 0.25) is 0 Å². The number of rotatable bonds is 5. The van der Waals surface area contributed by atoms with Gasteiger partial charge in [-0.1, -0.05) is 18.2 Å². The van der Waals surface area contributed by atoms with Gasteiger partial charge in [0.05, 0.1) is 22.5 Å². The fourth-order valence-corrected chi connectivity index (χ4v) is 2.93. The van der Waals surface area contributed by atoms with E-state index >= 15 is 0 Å². The lowest BCUT2D eigenvalue weighted by Crippen LogP contribution is -2.16. The van der Waals surface area contributed by atoms with E-state index in [-0.39, 0.29) is 17.5 Å². The first kappa shape index (κ1) is 17.5. The lowest BCUT2D eigenvalue weighted by molar-refractivity contribution is 0.0696. The zero-order valence-corrected chi connectivity index (χ0v) is 14.9. The first-order valence-electron chi connectivity index (χ1n) is 8.36. The zero-order chi connectivity index (χ0) is 18.8. The van der Waals surface area contributed by atoms with Crippen LogP contribution < -0.4 is 10.6 Å². The second-order valence-electron chi connectivity index (χ2n) is 6.49. The molecule has 1 amide bonds. The van der Waals surface area contributed by atoms with Crippen LogP contribution in [0.5, 0.6) is 0 Å². The fourth-order valence-electron chi connectivity index (χ4n) is 2.93. The van der Waals surface area contributed by atoms with Gasteiger partial charge in [-0.25, -0.2) is 4.79 Å². The molecule has 0 spiro atoms. The molecule has 0 saturated carbocycles. The number of hydrogen-bond donors (Lipinski definition) is 3. The van der Waals surface area contributed by atoms with E-state index in [1.807, 2.05) is 49.7 Å². The van der Waals surface area contributed by atoms with Crippen LogP contribution in [-0.4, -0.2) is 27.6 Å². The summed E-state index contributed by atoms with van der Waals surface area (Å²) in [6, 6.07) is 12.4. The molecule has 0 radical (unpaired) electrons. The molecule has 0 bridgehead atoms. The number of anilines is 2. The standard InChI is InChI=1S/C20H21N3O3/c1-12(2)21-17-10-13(20(25)26)8-9-16(17)22-19(24)15-11-23(3)18-7-5-4-6-14(15)18/h4-12,21H,1-3H3,(H,22,24)(H,25,26). The third-order valence-corrected chi connectivity index (χ3v) is 4.10. The normalized spacial score (nSPS) is 10.9. The van der Waals surface area contributed by atoms with E-state index in [2.05, 4.69) is 10.6 Å². The Morgan fingerprint density at radius 1 is 1.08 bits per heavy atom. The molecule has 6 heteroatoms. The van der Waals surface area contributed by atoms with Crippen LogP contribution in [0, 0.1) is 0 Å². The second kappa shape index (κ2) is 6.92. The van der Waals surface area contributed by atoms with Crippen LogP contribution >= 0.6 is 0 Å². The highest BCUT2D eigenvalue weighted by Crippen LogP contribution is 2.27. The number of hydrogen-bond acceptors (Lipinski definition) is 3. The van der Waals surface area contributed by atoms with E-state index in [0.717, 1.165) is 10.9 Å². The van der Waals surface area contributed by atoms with Gasteiger partial charge < -0.3 is 20.3 Å². The summed E-state index contributed by atoms with van der Waals surface area (Å²) in [5.41, 5.74) is 2.83. The number of carbonyl (C=O) groups excluding carboxylic acids is 1. The van der Waals surface area contributed by atoms with Gasteiger partial charge in [0.1, 0.15) is 0 Å². The Bertz CT molecular complexity index is 989. The van der Waals surface area contributed by atoms with Gasteiger partial charge in [-0.2, -0.15) is 0 Å². The second-order valence-corrected chi connectivity index (χ2v) is 6.49. The van der Waals surface area contributed by atoms with Gasteiger partial charge in [-0.3, -0.25) is 4.79 Å². The van der Waals surface area contributed by atoms with Crippen LogP contribution in [0.2, 0.25) is 0 Å². The molecule has 0 aliphatic rings. The minimum absolute atomic E-state index is 0.0900. The van der Waals surface area contributed by atoms with Crippen LogP contribution in [0.4, 0.5) is 11.4 Å². The molecular formula is C20H21N3O3. The molecule has 0 aliphatic carbocycles. The molecule has 0 unspecified atom stereocenters. The van der Waals surface area contributed by atoms with Crippen molar-refractivity contribution in [2.75, 3.05) is 10.6 Å². The summed E-state index contributed by atoms with van der Waals surface area (Å²) in [5.74, 6) is -1.25. The van der Waals surface area contributed by atoms with E-state index in [1.165, 1.54) is 12.1 Å². The van der Waals surface area contributed by atoms with Gasteiger partial charge in [0.15, 0.2) is 0 Å².